The van der Waals surface area contributed by atoms with Crippen molar-refractivity contribution >= 4 is 28.0 Å². The van der Waals surface area contributed by atoms with Crippen molar-refractivity contribution < 1.29 is 4.79 Å². The molecule has 0 aliphatic heterocycles. The zero-order valence-electron chi connectivity index (χ0n) is 17.0. The standard InChI is InChI=1S/C21H24N6O2/c1-11-14(21(29)25-20-18(11)12(2)26-27(20)4)9-10-17(28)22-13(3)19-23-15-7-5-6-8-16(15)24-19/h5-8,13H,9-10H2,1-4H3,(H,22,28)(H,23,24)(H,25,29)/t13-/m1/s1. The summed E-state index contributed by atoms with van der Waals surface area (Å²) in [7, 11) is 1.80. The van der Waals surface area contributed by atoms with Gasteiger partial charge in [0, 0.05) is 24.4 Å². The second kappa shape index (κ2) is 7.20. The molecule has 0 aliphatic rings. The molecule has 0 unspecified atom stereocenters. The molecule has 1 atom stereocenters. The number of para-hydroxylation sites is 2. The number of carbonyl (C=O) groups excluding carboxylic acids is 1. The molecule has 0 radical (unpaired) electrons. The molecule has 4 rings (SSSR count). The lowest BCUT2D eigenvalue weighted by molar-refractivity contribution is -0.121. The Bertz CT molecular complexity index is 1250. The number of hydrogen-bond donors (Lipinski definition) is 3. The number of fused-ring (bicyclic) bond motifs is 2. The maximum atomic E-state index is 12.5. The summed E-state index contributed by atoms with van der Waals surface area (Å²) in [6, 6.07) is 7.49. The molecule has 0 spiro atoms. The van der Waals surface area contributed by atoms with Gasteiger partial charge in [0.15, 0.2) is 0 Å². The zero-order valence-corrected chi connectivity index (χ0v) is 17.0. The molecule has 29 heavy (non-hydrogen) atoms. The molecule has 8 nitrogen and oxygen atoms in total. The number of benzene rings is 1. The zero-order chi connectivity index (χ0) is 20.7. The highest BCUT2D eigenvalue weighted by atomic mass is 16.1. The SMILES string of the molecule is Cc1nn(C)c2[nH]c(=O)c(CCC(=O)N[C@H](C)c3nc4ccccc4[nH]3)c(C)c12. The highest BCUT2D eigenvalue weighted by molar-refractivity contribution is 5.83. The Morgan fingerprint density at radius 3 is 2.76 bits per heavy atom. The Morgan fingerprint density at radius 1 is 1.24 bits per heavy atom. The summed E-state index contributed by atoms with van der Waals surface area (Å²) in [4.78, 5) is 35.7. The van der Waals surface area contributed by atoms with Gasteiger partial charge in [-0.3, -0.25) is 14.3 Å². The molecule has 150 valence electrons. The molecule has 4 aromatic rings. The van der Waals surface area contributed by atoms with Crippen LogP contribution in [0.5, 0.6) is 0 Å². The molecule has 3 aromatic heterocycles. The molecule has 1 amide bonds. The molecular weight excluding hydrogens is 368 g/mol. The fraction of sp³-hybridized carbons (Fsp3) is 0.333. The molecule has 3 N–H and O–H groups in total. The minimum Gasteiger partial charge on any atom is -0.346 e. The van der Waals surface area contributed by atoms with E-state index in [9.17, 15) is 9.59 Å². The van der Waals surface area contributed by atoms with E-state index < -0.39 is 0 Å². The molecule has 8 heteroatoms. The van der Waals surface area contributed by atoms with Gasteiger partial charge in [-0.15, -0.1) is 0 Å². The first kappa shape index (κ1) is 18.9. The van der Waals surface area contributed by atoms with Gasteiger partial charge in [-0.2, -0.15) is 5.10 Å². The minimum atomic E-state index is -0.252. The molecule has 0 saturated carbocycles. The lowest BCUT2D eigenvalue weighted by Crippen LogP contribution is -2.28. The average molecular weight is 392 g/mol. The van der Waals surface area contributed by atoms with Gasteiger partial charge in [0.05, 0.1) is 22.8 Å². The topological polar surface area (TPSA) is 108 Å². The largest absolute Gasteiger partial charge is 0.346 e. The lowest BCUT2D eigenvalue weighted by atomic mass is 10.0. The Hall–Kier alpha value is -3.42. The van der Waals surface area contributed by atoms with Crippen LogP contribution in [-0.4, -0.2) is 30.6 Å². The van der Waals surface area contributed by atoms with Gasteiger partial charge < -0.3 is 15.3 Å². The number of carbonyl (C=O) groups is 1. The summed E-state index contributed by atoms with van der Waals surface area (Å²) in [5.41, 5.74) is 4.71. The third-order valence-corrected chi connectivity index (χ3v) is 5.35. The number of imidazole rings is 1. The average Bonchev–Trinajstić information content (AvgIpc) is 3.22. The fourth-order valence-electron chi connectivity index (χ4n) is 3.85. The van der Waals surface area contributed by atoms with Gasteiger partial charge in [0.2, 0.25) is 5.91 Å². The number of hydrogen-bond acceptors (Lipinski definition) is 4. The van der Waals surface area contributed by atoms with E-state index in [0.29, 0.717) is 23.5 Å². The predicted molar refractivity (Wildman–Crippen MR) is 112 cm³/mol. The van der Waals surface area contributed by atoms with E-state index >= 15 is 0 Å². The van der Waals surface area contributed by atoms with Gasteiger partial charge in [0.1, 0.15) is 11.5 Å². The first-order chi connectivity index (χ1) is 13.8. The van der Waals surface area contributed by atoms with E-state index in [2.05, 4.69) is 25.4 Å². The third-order valence-electron chi connectivity index (χ3n) is 5.35. The van der Waals surface area contributed by atoms with E-state index in [-0.39, 0.29) is 23.9 Å². The maximum Gasteiger partial charge on any atom is 0.253 e. The van der Waals surface area contributed by atoms with E-state index in [0.717, 1.165) is 27.7 Å². The fourth-order valence-corrected chi connectivity index (χ4v) is 3.85. The van der Waals surface area contributed by atoms with Crippen LogP contribution in [0.1, 0.15) is 42.0 Å². The van der Waals surface area contributed by atoms with Crippen LogP contribution in [0.25, 0.3) is 22.1 Å². The summed E-state index contributed by atoms with van der Waals surface area (Å²) >= 11 is 0. The highest BCUT2D eigenvalue weighted by Gasteiger charge is 2.17. The van der Waals surface area contributed by atoms with Gasteiger partial charge in [-0.1, -0.05) is 12.1 Å². The van der Waals surface area contributed by atoms with Crippen molar-refractivity contribution in [3.05, 3.63) is 57.3 Å². The number of nitrogens with one attached hydrogen (secondary N) is 3. The molecular formula is C21H24N6O2. The predicted octanol–water partition coefficient (Wildman–Crippen LogP) is 2.56. The van der Waals surface area contributed by atoms with Crippen LogP contribution < -0.4 is 10.9 Å². The number of pyridine rings is 1. The first-order valence-corrected chi connectivity index (χ1v) is 9.64. The quantitative estimate of drug-likeness (QED) is 0.485. The van der Waals surface area contributed by atoms with Crippen molar-refractivity contribution in [1.82, 2.24) is 30.0 Å². The maximum absolute atomic E-state index is 12.5. The van der Waals surface area contributed by atoms with Gasteiger partial charge >= 0.3 is 0 Å². The molecule has 0 saturated heterocycles. The Morgan fingerprint density at radius 2 is 2.00 bits per heavy atom. The van der Waals surface area contributed by atoms with Gasteiger partial charge in [-0.05, 0) is 44.9 Å². The third kappa shape index (κ3) is 3.41. The van der Waals surface area contributed by atoms with E-state index in [1.807, 2.05) is 45.0 Å². The Balaban J connectivity index is 1.48. The molecule has 3 heterocycles. The van der Waals surface area contributed by atoms with Crippen LogP contribution in [0.15, 0.2) is 29.1 Å². The molecule has 0 bridgehead atoms. The Kier molecular flexibility index (Phi) is 4.70. The number of amides is 1. The van der Waals surface area contributed by atoms with Crippen molar-refractivity contribution in [2.24, 2.45) is 7.05 Å². The smallest absolute Gasteiger partial charge is 0.253 e. The number of aromatic amines is 2. The van der Waals surface area contributed by atoms with Crippen LogP contribution in [0.3, 0.4) is 0 Å². The second-order valence-corrected chi connectivity index (χ2v) is 7.42. The summed E-state index contributed by atoms with van der Waals surface area (Å²) in [6.45, 7) is 5.72. The Labute approximate surface area is 167 Å². The number of aromatic nitrogens is 5. The lowest BCUT2D eigenvalue weighted by Gasteiger charge is -2.12. The van der Waals surface area contributed by atoms with Crippen molar-refractivity contribution in [3.63, 3.8) is 0 Å². The van der Waals surface area contributed by atoms with E-state index in [4.69, 9.17) is 0 Å². The highest BCUT2D eigenvalue weighted by Crippen LogP contribution is 2.21. The van der Waals surface area contributed by atoms with Crippen molar-refractivity contribution in [2.45, 2.75) is 39.7 Å². The van der Waals surface area contributed by atoms with Crippen LogP contribution in [0.4, 0.5) is 0 Å². The molecule has 1 aromatic carbocycles. The van der Waals surface area contributed by atoms with Crippen molar-refractivity contribution in [2.75, 3.05) is 0 Å². The van der Waals surface area contributed by atoms with Crippen LogP contribution in [0.2, 0.25) is 0 Å². The van der Waals surface area contributed by atoms with Crippen molar-refractivity contribution in [3.8, 4) is 0 Å². The van der Waals surface area contributed by atoms with Crippen molar-refractivity contribution in [1.29, 1.82) is 0 Å². The number of nitrogens with zero attached hydrogens (tertiary/aromatic N) is 3. The van der Waals surface area contributed by atoms with Gasteiger partial charge in [0.25, 0.3) is 5.56 Å². The summed E-state index contributed by atoms with van der Waals surface area (Å²) in [6.07, 6.45) is 0.587. The van der Waals surface area contributed by atoms with Crippen LogP contribution >= 0.6 is 0 Å². The van der Waals surface area contributed by atoms with Crippen LogP contribution in [-0.2, 0) is 18.3 Å². The summed E-state index contributed by atoms with van der Waals surface area (Å²) < 4.78 is 1.67. The van der Waals surface area contributed by atoms with E-state index in [1.165, 1.54) is 0 Å². The van der Waals surface area contributed by atoms with Crippen LogP contribution in [0, 0.1) is 13.8 Å². The number of H-pyrrole nitrogens is 2. The monoisotopic (exact) mass is 392 g/mol. The molecule has 0 aliphatic carbocycles. The van der Waals surface area contributed by atoms with E-state index in [1.54, 1.807) is 11.7 Å². The first-order valence-electron chi connectivity index (χ1n) is 9.64. The second-order valence-electron chi connectivity index (χ2n) is 7.42. The number of aryl methyl sites for hydroxylation is 3. The summed E-state index contributed by atoms with van der Waals surface area (Å²) in [5, 5.41) is 8.28. The summed E-state index contributed by atoms with van der Waals surface area (Å²) in [5.74, 6) is 0.584. The van der Waals surface area contributed by atoms with Gasteiger partial charge in [-0.25, -0.2) is 4.98 Å². The minimum absolute atomic E-state index is 0.125. The normalized spacial score (nSPS) is 12.6. The molecule has 0 fully saturated rings. The number of rotatable bonds is 5.